The van der Waals surface area contributed by atoms with E-state index in [2.05, 4.69) is 19.0 Å². The maximum absolute atomic E-state index is 12.4. The minimum Gasteiger partial charge on any atom is -0.504 e. The predicted octanol–water partition coefficient (Wildman–Crippen LogP) is 3.54. The number of fused-ring (bicyclic) bond motifs is 3. The highest BCUT2D eigenvalue weighted by Gasteiger charge is 2.65. The maximum atomic E-state index is 12.4. The van der Waals surface area contributed by atoms with E-state index >= 15 is 0 Å². The number of ether oxygens (including phenoxy) is 1. The highest BCUT2D eigenvalue weighted by Crippen LogP contribution is 2.66. The summed E-state index contributed by atoms with van der Waals surface area (Å²) >= 11 is 0. The summed E-state index contributed by atoms with van der Waals surface area (Å²) < 4.78 is 5.44. The largest absolute Gasteiger partial charge is 0.504 e. The molecular formula is C24H29NO4. The Balaban J connectivity index is 1.70. The Morgan fingerprint density at radius 1 is 1.28 bits per heavy atom. The third-order valence-electron chi connectivity index (χ3n) is 6.88. The summed E-state index contributed by atoms with van der Waals surface area (Å²) in [7, 11) is 4.18. The summed E-state index contributed by atoms with van der Waals surface area (Å²) in [5.41, 5.74) is 2.65. The zero-order chi connectivity index (χ0) is 20.9. The normalized spacial score (nSPS) is 29.8. The fraction of sp³-hybridized carbons (Fsp3) is 0.500. The van der Waals surface area contributed by atoms with E-state index in [1.807, 2.05) is 26.0 Å². The fourth-order valence-electron chi connectivity index (χ4n) is 5.91. The summed E-state index contributed by atoms with van der Waals surface area (Å²) in [6.45, 7) is 3.89. The Hall–Kier alpha value is -2.40. The molecular weight excluding hydrogens is 366 g/mol. The molecule has 5 nitrogen and oxygen atoms in total. The highest BCUT2D eigenvalue weighted by atomic mass is 16.5. The van der Waals surface area contributed by atoms with Crippen molar-refractivity contribution in [2.75, 3.05) is 14.1 Å². The van der Waals surface area contributed by atoms with Gasteiger partial charge in [-0.2, -0.15) is 0 Å². The number of nitrogens with zero attached hydrogens (tertiary/aromatic N) is 1. The van der Waals surface area contributed by atoms with Crippen LogP contribution in [-0.4, -0.2) is 41.9 Å². The molecule has 4 rings (SSSR count). The molecule has 5 heteroatoms. The van der Waals surface area contributed by atoms with Gasteiger partial charge in [0.25, 0.3) is 0 Å². The molecule has 2 bridgehead atoms. The molecule has 3 aliphatic carbocycles. The molecule has 0 aromatic heterocycles. The summed E-state index contributed by atoms with van der Waals surface area (Å²) in [6, 6.07) is 3.98. The Bertz CT molecular complexity index is 925. The van der Waals surface area contributed by atoms with E-state index < -0.39 is 5.97 Å². The van der Waals surface area contributed by atoms with Gasteiger partial charge in [0.2, 0.25) is 0 Å². The van der Waals surface area contributed by atoms with Crippen LogP contribution < -0.4 is 4.74 Å². The average Bonchev–Trinajstić information content (AvgIpc) is 2.62. The number of benzene rings is 1. The Morgan fingerprint density at radius 2 is 2.03 bits per heavy atom. The summed E-state index contributed by atoms with van der Waals surface area (Å²) in [6.07, 6.45) is 7.68. The number of allylic oxidation sites excluding steroid dienone is 3. The first-order chi connectivity index (χ1) is 13.7. The number of carbonyl (C=O) groups is 2. The molecule has 0 amide bonds. The van der Waals surface area contributed by atoms with Gasteiger partial charge in [-0.1, -0.05) is 23.8 Å². The van der Waals surface area contributed by atoms with Crippen LogP contribution in [0.3, 0.4) is 0 Å². The second kappa shape index (κ2) is 7.13. The van der Waals surface area contributed by atoms with Crippen molar-refractivity contribution in [1.29, 1.82) is 0 Å². The average molecular weight is 395 g/mol. The topological polar surface area (TPSA) is 66.8 Å². The first kappa shape index (κ1) is 19.9. The first-order valence-electron chi connectivity index (χ1n) is 10.3. The number of Topliss-reactive ketones (excluding diaryl/α,β-unsaturated/α-hetero) is 1. The van der Waals surface area contributed by atoms with E-state index in [-0.39, 0.29) is 22.7 Å². The van der Waals surface area contributed by atoms with Crippen molar-refractivity contribution in [3.05, 3.63) is 47.1 Å². The summed E-state index contributed by atoms with van der Waals surface area (Å²) in [4.78, 5) is 26.8. The lowest BCUT2D eigenvalue weighted by atomic mass is 9.40. The zero-order valence-corrected chi connectivity index (χ0v) is 17.6. The minimum absolute atomic E-state index is 0.0295. The first-order valence-corrected chi connectivity index (χ1v) is 10.3. The number of hydrogen-bond donors (Lipinski definition) is 1. The van der Waals surface area contributed by atoms with Gasteiger partial charge < -0.3 is 14.7 Å². The number of likely N-dealkylation sites (N-methyl/N-ethyl adjacent to an activating group) is 1. The van der Waals surface area contributed by atoms with Crippen molar-refractivity contribution >= 4 is 11.8 Å². The molecule has 29 heavy (non-hydrogen) atoms. The molecule has 1 N–H and O–H groups in total. The smallest absolute Gasteiger partial charge is 0.336 e. The van der Waals surface area contributed by atoms with Gasteiger partial charge in [-0.15, -0.1) is 0 Å². The molecule has 1 aromatic rings. The molecule has 0 aliphatic heterocycles. The van der Waals surface area contributed by atoms with E-state index in [0.717, 1.165) is 29.5 Å². The molecule has 0 heterocycles. The third-order valence-corrected chi connectivity index (χ3v) is 6.88. The number of carbonyl (C=O) groups excluding carboxylic acids is 2. The standard InChI is InChI=1S/C24H29NO4/c1-14(2)6-5-7-20(27)29-19-9-8-15-11-18(25(3)4)21-16-10-17(26)13-24(21,12-16)22(15)23(19)28/h5-9,16,18,21,28H,10-13H2,1-4H3/b7-5+/t16-,18?,21?,24+/m1/s1. The number of phenols is 1. The molecule has 0 saturated heterocycles. The quantitative estimate of drug-likeness (QED) is 0.366. The summed E-state index contributed by atoms with van der Waals surface area (Å²) in [5, 5.41) is 11.1. The van der Waals surface area contributed by atoms with Crippen molar-refractivity contribution in [2.24, 2.45) is 11.8 Å². The third kappa shape index (κ3) is 3.21. The second-order valence-electron chi connectivity index (χ2n) is 9.27. The van der Waals surface area contributed by atoms with Gasteiger partial charge in [0.15, 0.2) is 11.5 Å². The van der Waals surface area contributed by atoms with Crippen LogP contribution >= 0.6 is 0 Å². The van der Waals surface area contributed by atoms with Gasteiger partial charge in [0.05, 0.1) is 0 Å². The number of rotatable bonds is 4. The second-order valence-corrected chi connectivity index (χ2v) is 9.27. The van der Waals surface area contributed by atoms with Crippen molar-refractivity contribution in [3.63, 3.8) is 0 Å². The molecule has 0 radical (unpaired) electrons. The van der Waals surface area contributed by atoms with Gasteiger partial charge in [-0.3, -0.25) is 4.79 Å². The molecule has 3 aliphatic rings. The molecule has 2 saturated carbocycles. The Kier molecular flexibility index (Phi) is 4.89. The minimum atomic E-state index is -0.528. The maximum Gasteiger partial charge on any atom is 0.336 e. The lowest BCUT2D eigenvalue weighted by molar-refractivity contribution is -0.142. The van der Waals surface area contributed by atoms with Crippen molar-refractivity contribution in [2.45, 2.75) is 51.0 Å². The van der Waals surface area contributed by atoms with Crippen molar-refractivity contribution in [3.8, 4) is 11.5 Å². The van der Waals surface area contributed by atoms with E-state index in [9.17, 15) is 14.7 Å². The molecule has 154 valence electrons. The van der Waals surface area contributed by atoms with Crippen LogP contribution in [0.15, 0.2) is 35.9 Å². The molecule has 1 aromatic carbocycles. The SMILES string of the molecule is CC(C)=C/C=C/C(=O)Oc1ccc2c(c1O)[C@]13CC(=O)C[C@H](C1)C3C(N(C)C)C2. The Morgan fingerprint density at radius 3 is 2.72 bits per heavy atom. The molecule has 2 fully saturated rings. The van der Waals surface area contributed by atoms with Crippen LogP contribution in [0.25, 0.3) is 0 Å². The van der Waals surface area contributed by atoms with Crippen molar-refractivity contribution in [1.82, 2.24) is 4.90 Å². The Labute approximate surface area is 172 Å². The van der Waals surface area contributed by atoms with Gasteiger partial charge >= 0.3 is 5.97 Å². The van der Waals surface area contributed by atoms with E-state index in [4.69, 9.17) is 4.74 Å². The zero-order valence-electron chi connectivity index (χ0n) is 17.6. The number of ketones is 1. The summed E-state index contributed by atoms with van der Waals surface area (Å²) in [5.74, 6) is 0.691. The van der Waals surface area contributed by atoms with E-state index in [1.54, 1.807) is 12.1 Å². The highest BCUT2D eigenvalue weighted by molar-refractivity contribution is 5.86. The van der Waals surface area contributed by atoms with Crippen LogP contribution in [0, 0.1) is 11.8 Å². The lowest BCUT2D eigenvalue weighted by Gasteiger charge is -2.65. The van der Waals surface area contributed by atoms with Gasteiger partial charge in [0.1, 0.15) is 5.78 Å². The molecule has 1 spiro atoms. The predicted molar refractivity (Wildman–Crippen MR) is 111 cm³/mol. The fourth-order valence-corrected chi connectivity index (χ4v) is 5.91. The van der Waals surface area contributed by atoms with Crippen LogP contribution in [0.1, 0.15) is 44.2 Å². The van der Waals surface area contributed by atoms with Gasteiger partial charge in [-0.25, -0.2) is 4.79 Å². The van der Waals surface area contributed by atoms with Crippen LogP contribution in [0.2, 0.25) is 0 Å². The monoisotopic (exact) mass is 395 g/mol. The van der Waals surface area contributed by atoms with Gasteiger partial charge in [-0.05, 0) is 64.3 Å². The van der Waals surface area contributed by atoms with Crippen LogP contribution in [-0.2, 0) is 21.4 Å². The van der Waals surface area contributed by atoms with Gasteiger partial charge in [0, 0.05) is 35.9 Å². The number of esters is 1. The number of hydrogen-bond acceptors (Lipinski definition) is 5. The lowest BCUT2D eigenvalue weighted by Crippen LogP contribution is -2.66. The van der Waals surface area contributed by atoms with Crippen LogP contribution in [0.5, 0.6) is 11.5 Å². The molecule has 4 atom stereocenters. The van der Waals surface area contributed by atoms with Crippen LogP contribution in [0.4, 0.5) is 0 Å². The van der Waals surface area contributed by atoms with E-state index in [1.165, 1.54) is 6.08 Å². The number of aromatic hydroxyl groups is 1. The van der Waals surface area contributed by atoms with E-state index in [0.29, 0.717) is 30.7 Å². The van der Waals surface area contributed by atoms with Crippen molar-refractivity contribution < 1.29 is 19.4 Å². The molecule has 2 unspecified atom stereocenters. The number of phenolic OH excluding ortho intramolecular Hbond substituents is 1.